The topological polar surface area (TPSA) is 105 Å². The van der Waals surface area contributed by atoms with Crippen LogP contribution in [0.4, 0.5) is 4.39 Å². The zero-order chi connectivity index (χ0) is 18.2. The van der Waals surface area contributed by atoms with E-state index in [0.29, 0.717) is 16.5 Å². The maximum Gasteiger partial charge on any atom is 0.268 e. The van der Waals surface area contributed by atoms with Crippen LogP contribution in [0.15, 0.2) is 53.4 Å². The Kier molecular flexibility index (Phi) is 4.32. The second-order valence-corrected chi connectivity index (χ2v) is 7.29. The van der Waals surface area contributed by atoms with E-state index in [2.05, 4.69) is 10.3 Å². The molecule has 0 aliphatic heterocycles. The highest BCUT2D eigenvalue weighted by atomic mass is 32.2. The first-order chi connectivity index (χ1) is 11.7. The van der Waals surface area contributed by atoms with Gasteiger partial charge in [0.25, 0.3) is 5.91 Å². The van der Waals surface area contributed by atoms with Gasteiger partial charge in [0.1, 0.15) is 11.5 Å². The number of rotatable bonds is 4. The minimum Gasteiger partial charge on any atom is -0.351 e. The molecule has 4 N–H and O–H groups in total. The van der Waals surface area contributed by atoms with Crippen molar-refractivity contribution >= 4 is 26.8 Å². The van der Waals surface area contributed by atoms with Crippen LogP contribution in [0.5, 0.6) is 0 Å². The quantitative estimate of drug-likeness (QED) is 0.664. The van der Waals surface area contributed by atoms with E-state index in [1.54, 1.807) is 31.2 Å². The van der Waals surface area contributed by atoms with Crippen LogP contribution in [0.1, 0.15) is 29.0 Å². The van der Waals surface area contributed by atoms with E-state index in [4.69, 9.17) is 5.14 Å². The maximum absolute atomic E-state index is 13.2. The van der Waals surface area contributed by atoms with Crippen molar-refractivity contribution < 1.29 is 17.6 Å². The highest BCUT2D eigenvalue weighted by Gasteiger charge is 2.16. The Morgan fingerprint density at radius 1 is 1.20 bits per heavy atom. The number of primary sulfonamides is 1. The number of benzene rings is 2. The highest BCUT2D eigenvalue weighted by Crippen LogP contribution is 2.19. The number of halogens is 1. The SMILES string of the molecule is CC(NC(=O)c1cc2cc(F)ccc2[nH]1)c1cccc(S(N)(=O)=O)c1. The van der Waals surface area contributed by atoms with Gasteiger partial charge in [-0.2, -0.15) is 0 Å². The van der Waals surface area contributed by atoms with Crippen LogP contribution in [0.3, 0.4) is 0 Å². The van der Waals surface area contributed by atoms with Crippen molar-refractivity contribution in [1.82, 2.24) is 10.3 Å². The molecule has 130 valence electrons. The van der Waals surface area contributed by atoms with E-state index in [1.807, 2.05) is 0 Å². The molecule has 0 fully saturated rings. The fraction of sp³-hybridized carbons (Fsp3) is 0.118. The molecule has 2 aromatic carbocycles. The van der Waals surface area contributed by atoms with Gasteiger partial charge in [-0.15, -0.1) is 0 Å². The van der Waals surface area contributed by atoms with Gasteiger partial charge in [0.15, 0.2) is 0 Å². The maximum atomic E-state index is 13.2. The van der Waals surface area contributed by atoms with Crippen molar-refractivity contribution in [3.63, 3.8) is 0 Å². The standard InChI is InChI=1S/C17H16FN3O3S/c1-10(11-3-2-4-14(8-11)25(19,23)24)20-17(22)16-9-12-7-13(18)5-6-15(12)21-16/h2-10,21H,1H3,(H,20,22)(H2,19,23,24). The monoisotopic (exact) mass is 361 g/mol. The smallest absolute Gasteiger partial charge is 0.268 e. The normalized spacial score (nSPS) is 12.9. The fourth-order valence-corrected chi connectivity index (χ4v) is 3.11. The second-order valence-electron chi connectivity index (χ2n) is 5.73. The van der Waals surface area contributed by atoms with Crippen LogP contribution < -0.4 is 10.5 Å². The number of sulfonamides is 1. The molecule has 0 radical (unpaired) electrons. The van der Waals surface area contributed by atoms with Gasteiger partial charge in [-0.25, -0.2) is 17.9 Å². The number of aromatic nitrogens is 1. The lowest BCUT2D eigenvalue weighted by molar-refractivity contribution is 0.0935. The Labute approximate surface area is 143 Å². The molecule has 0 bridgehead atoms. The molecule has 0 spiro atoms. The van der Waals surface area contributed by atoms with Gasteiger partial charge in [0.05, 0.1) is 10.9 Å². The van der Waals surface area contributed by atoms with Crippen LogP contribution in [0, 0.1) is 5.82 Å². The average Bonchev–Trinajstić information content (AvgIpc) is 2.97. The number of nitrogens with two attached hydrogens (primary N) is 1. The molecule has 1 aromatic heterocycles. The molecular formula is C17H16FN3O3S. The summed E-state index contributed by atoms with van der Waals surface area (Å²) in [5.74, 6) is -0.767. The Balaban J connectivity index is 1.82. The lowest BCUT2D eigenvalue weighted by atomic mass is 10.1. The number of carbonyl (C=O) groups is 1. The molecule has 0 aliphatic rings. The van der Waals surface area contributed by atoms with E-state index in [1.165, 1.54) is 24.3 Å². The Morgan fingerprint density at radius 2 is 1.96 bits per heavy atom. The van der Waals surface area contributed by atoms with Crippen LogP contribution in [-0.2, 0) is 10.0 Å². The van der Waals surface area contributed by atoms with Crippen molar-refractivity contribution in [3.05, 3.63) is 65.6 Å². The third kappa shape index (κ3) is 3.70. The molecule has 3 rings (SSSR count). The van der Waals surface area contributed by atoms with Gasteiger partial charge in [-0.1, -0.05) is 12.1 Å². The van der Waals surface area contributed by atoms with E-state index >= 15 is 0 Å². The molecule has 1 atom stereocenters. The molecule has 3 aromatic rings. The summed E-state index contributed by atoms with van der Waals surface area (Å²) in [6.07, 6.45) is 0. The molecular weight excluding hydrogens is 345 g/mol. The third-order valence-electron chi connectivity index (χ3n) is 3.86. The number of fused-ring (bicyclic) bond motifs is 1. The van der Waals surface area contributed by atoms with Crippen molar-refractivity contribution in [3.8, 4) is 0 Å². The van der Waals surface area contributed by atoms with Gasteiger partial charge in [0.2, 0.25) is 10.0 Å². The summed E-state index contributed by atoms with van der Waals surface area (Å²) in [4.78, 5) is 15.3. The minimum atomic E-state index is -3.82. The summed E-state index contributed by atoms with van der Waals surface area (Å²) in [5, 5.41) is 8.48. The van der Waals surface area contributed by atoms with Crippen LogP contribution in [0.25, 0.3) is 10.9 Å². The molecule has 0 aliphatic carbocycles. The van der Waals surface area contributed by atoms with Crippen LogP contribution in [0.2, 0.25) is 0 Å². The zero-order valence-electron chi connectivity index (χ0n) is 13.3. The number of hydrogen-bond acceptors (Lipinski definition) is 3. The number of nitrogens with one attached hydrogen (secondary N) is 2. The molecule has 0 saturated carbocycles. The van der Waals surface area contributed by atoms with E-state index in [9.17, 15) is 17.6 Å². The summed E-state index contributed by atoms with van der Waals surface area (Å²) in [5.41, 5.74) is 1.53. The van der Waals surface area contributed by atoms with Crippen molar-refractivity contribution in [2.45, 2.75) is 17.9 Å². The molecule has 8 heteroatoms. The number of amides is 1. The molecule has 25 heavy (non-hydrogen) atoms. The fourth-order valence-electron chi connectivity index (χ4n) is 2.54. The zero-order valence-corrected chi connectivity index (χ0v) is 14.1. The molecule has 0 saturated heterocycles. The largest absolute Gasteiger partial charge is 0.351 e. The van der Waals surface area contributed by atoms with Crippen LogP contribution >= 0.6 is 0 Å². The lowest BCUT2D eigenvalue weighted by Gasteiger charge is -2.14. The number of carbonyl (C=O) groups excluding carboxylic acids is 1. The first kappa shape index (κ1) is 17.1. The Bertz CT molecular complexity index is 1060. The van der Waals surface area contributed by atoms with E-state index in [0.717, 1.165) is 0 Å². The van der Waals surface area contributed by atoms with Gasteiger partial charge in [-0.3, -0.25) is 4.79 Å². The lowest BCUT2D eigenvalue weighted by Crippen LogP contribution is -2.27. The summed E-state index contributed by atoms with van der Waals surface area (Å²) < 4.78 is 36.1. The van der Waals surface area contributed by atoms with Gasteiger partial charge in [0, 0.05) is 10.9 Å². The average molecular weight is 361 g/mol. The predicted molar refractivity (Wildman–Crippen MR) is 92.0 cm³/mol. The van der Waals surface area contributed by atoms with Gasteiger partial charge < -0.3 is 10.3 Å². The number of H-pyrrole nitrogens is 1. The summed E-state index contributed by atoms with van der Waals surface area (Å²) in [7, 11) is -3.82. The molecule has 1 amide bonds. The minimum absolute atomic E-state index is 0.0211. The number of hydrogen-bond donors (Lipinski definition) is 3. The summed E-state index contributed by atoms with van der Waals surface area (Å²) in [6, 6.07) is 11.4. The number of aromatic amines is 1. The van der Waals surface area contributed by atoms with Crippen molar-refractivity contribution in [2.75, 3.05) is 0 Å². The second kappa shape index (κ2) is 6.30. The highest BCUT2D eigenvalue weighted by molar-refractivity contribution is 7.89. The predicted octanol–water partition coefficient (Wildman–Crippen LogP) is 2.45. The van der Waals surface area contributed by atoms with Gasteiger partial charge >= 0.3 is 0 Å². The van der Waals surface area contributed by atoms with Crippen LogP contribution in [-0.4, -0.2) is 19.3 Å². The summed E-state index contributed by atoms with van der Waals surface area (Å²) >= 11 is 0. The van der Waals surface area contributed by atoms with Crippen molar-refractivity contribution in [1.29, 1.82) is 0 Å². The first-order valence-corrected chi connectivity index (χ1v) is 9.00. The first-order valence-electron chi connectivity index (χ1n) is 7.46. The van der Waals surface area contributed by atoms with E-state index in [-0.39, 0.29) is 22.3 Å². The molecule has 1 heterocycles. The van der Waals surface area contributed by atoms with Crippen molar-refractivity contribution in [2.24, 2.45) is 5.14 Å². The Hall–Kier alpha value is -2.71. The Morgan fingerprint density at radius 3 is 2.68 bits per heavy atom. The molecule has 6 nitrogen and oxygen atoms in total. The van der Waals surface area contributed by atoms with Gasteiger partial charge in [-0.05, 0) is 48.9 Å². The van der Waals surface area contributed by atoms with E-state index < -0.39 is 16.1 Å². The summed E-state index contributed by atoms with van der Waals surface area (Å²) in [6.45, 7) is 1.72. The third-order valence-corrected chi connectivity index (χ3v) is 4.77. The molecule has 1 unspecified atom stereocenters.